The maximum atomic E-state index is 10.5. The van der Waals surface area contributed by atoms with Crippen molar-refractivity contribution in [3.63, 3.8) is 0 Å². The molecule has 4 nitrogen and oxygen atoms in total. The van der Waals surface area contributed by atoms with E-state index in [2.05, 4.69) is 10.2 Å². The molecule has 0 atom stereocenters. The van der Waals surface area contributed by atoms with E-state index in [4.69, 9.17) is 0 Å². The van der Waals surface area contributed by atoms with Crippen molar-refractivity contribution in [2.45, 2.75) is 0 Å². The fourth-order valence-electron chi connectivity index (χ4n) is 1.14. The Labute approximate surface area is 67.8 Å². The number of nitrogens with one attached hydrogen (secondary N) is 1. The number of aldehydes is 1. The molecular weight excluding hydrogens is 156 g/mol. The van der Waals surface area contributed by atoms with Crippen LogP contribution in [0.3, 0.4) is 0 Å². The summed E-state index contributed by atoms with van der Waals surface area (Å²) in [5.74, 6) is 0.105. The average Bonchev–Trinajstić information content (AvgIpc) is 2.54. The lowest BCUT2D eigenvalue weighted by Crippen LogP contribution is -1.80. The number of aromatic amines is 1. The first-order chi connectivity index (χ1) is 5.83. The number of carbonyl (C=O) groups excluding carboxylic acids is 1. The third-order valence-electron chi connectivity index (χ3n) is 1.75. The van der Waals surface area contributed by atoms with Gasteiger partial charge < -0.3 is 5.11 Å². The Bertz CT molecular complexity index is 434. The van der Waals surface area contributed by atoms with Crippen LogP contribution in [0.2, 0.25) is 0 Å². The Morgan fingerprint density at radius 3 is 3.08 bits per heavy atom. The second-order valence-corrected chi connectivity index (χ2v) is 2.45. The van der Waals surface area contributed by atoms with Gasteiger partial charge in [-0.15, -0.1) is 0 Å². The predicted octanol–water partition coefficient (Wildman–Crippen LogP) is 1.08. The highest BCUT2D eigenvalue weighted by molar-refractivity contribution is 5.98. The number of aromatic nitrogens is 2. The predicted molar refractivity (Wildman–Crippen MR) is 43.1 cm³/mol. The number of aromatic hydroxyl groups is 1. The molecule has 0 aliphatic carbocycles. The summed E-state index contributed by atoms with van der Waals surface area (Å²) in [5.41, 5.74) is 1.02. The quantitative estimate of drug-likeness (QED) is 0.616. The second-order valence-electron chi connectivity index (χ2n) is 2.45. The van der Waals surface area contributed by atoms with Crippen LogP contribution in [0.5, 0.6) is 5.75 Å². The van der Waals surface area contributed by atoms with Gasteiger partial charge in [0, 0.05) is 10.9 Å². The zero-order chi connectivity index (χ0) is 8.55. The maximum Gasteiger partial charge on any atom is 0.150 e. The topological polar surface area (TPSA) is 66.0 Å². The summed E-state index contributed by atoms with van der Waals surface area (Å²) < 4.78 is 0. The van der Waals surface area contributed by atoms with Crippen LogP contribution in [0, 0.1) is 0 Å². The van der Waals surface area contributed by atoms with E-state index in [1.165, 1.54) is 12.3 Å². The van der Waals surface area contributed by atoms with Crippen molar-refractivity contribution >= 4 is 17.2 Å². The SMILES string of the molecule is O=Cc1ccc(O)c2[nH]ncc12. The Hall–Kier alpha value is -1.84. The van der Waals surface area contributed by atoms with Crippen LogP contribution < -0.4 is 0 Å². The number of phenols is 1. The molecule has 0 aliphatic heterocycles. The highest BCUT2D eigenvalue weighted by Crippen LogP contribution is 2.23. The van der Waals surface area contributed by atoms with Crippen LogP contribution in [0.25, 0.3) is 10.9 Å². The number of fused-ring (bicyclic) bond motifs is 1. The van der Waals surface area contributed by atoms with E-state index in [1.807, 2.05) is 0 Å². The summed E-state index contributed by atoms with van der Waals surface area (Å²) in [5, 5.41) is 16.3. The molecule has 4 heteroatoms. The molecule has 0 bridgehead atoms. The molecule has 1 heterocycles. The molecule has 0 saturated heterocycles. The molecule has 0 amide bonds. The standard InChI is InChI=1S/C8H6N2O2/c11-4-5-1-2-7(12)8-6(5)3-9-10-8/h1-4,12H,(H,9,10). The number of phenolic OH excluding ortho intramolecular Hbond substituents is 1. The van der Waals surface area contributed by atoms with Crippen LogP contribution in [0.4, 0.5) is 0 Å². The first kappa shape index (κ1) is 6.84. The first-order valence-electron chi connectivity index (χ1n) is 3.43. The summed E-state index contributed by atoms with van der Waals surface area (Å²) in [7, 11) is 0. The van der Waals surface area contributed by atoms with E-state index >= 15 is 0 Å². The average molecular weight is 162 g/mol. The van der Waals surface area contributed by atoms with Gasteiger partial charge in [-0.05, 0) is 12.1 Å². The number of carbonyl (C=O) groups is 1. The molecule has 12 heavy (non-hydrogen) atoms. The molecule has 60 valence electrons. The monoisotopic (exact) mass is 162 g/mol. The van der Waals surface area contributed by atoms with Crippen molar-refractivity contribution in [2.24, 2.45) is 0 Å². The Kier molecular flexibility index (Phi) is 1.33. The summed E-state index contributed by atoms with van der Waals surface area (Å²) in [6.07, 6.45) is 2.25. The molecule has 1 aromatic heterocycles. The van der Waals surface area contributed by atoms with Crippen molar-refractivity contribution < 1.29 is 9.90 Å². The van der Waals surface area contributed by atoms with Gasteiger partial charge >= 0.3 is 0 Å². The zero-order valence-electron chi connectivity index (χ0n) is 6.11. The summed E-state index contributed by atoms with van der Waals surface area (Å²) in [4.78, 5) is 10.5. The minimum atomic E-state index is 0.105. The van der Waals surface area contributed by atoms with Gasteiger partial charge in [0.1, 0.15) is 11.3 Å². The fourth-order valence-corrected chi connectivity index (χ4v) is 1.14. The Morgan fingerprint density at radius 1 is 1.50 bits per heavy atom. The van der Waals surface area contributed by atoms with Crippen molar-refractivity contribution in [1.82, 2.24) is 10.2 Å². The van der Waals surface area contributed by atoms with E-state index in [0.717, 1.165) is 6.29 Å². The fraction of sp³-hybridized carbons (Fsp3) is 0. The number of hydrogen-bond donors (Lipinski definition) is 2. The lowest BCUT2D eigenvalue weighted by Gasteiger charge is -1.95. The number of hydrogen-bond acceptors (Lipinski definition) is 3. The molecule has 0 saturated carbocycles. The number of nitrogens with zero attached hydrogens (tertiary/aromatic N) is 1. The van der Waals surface area contributed by atoms with Crippen LogP contribution >= 0.6 is 0 Å². The molecule has 0 radical (unpaired) electrons. The molecular formula is C8H6N2O2. The molecule has 0 aliphatic rings. The van der Waals surface area contributed by atoms with Gasteiger partial charge in [0.25, 0.3) is 0 Å². The summed E-state index contributed by atoms with van der Waals surface area (Å²) >= 11 is 0. The summed E-state index contributed by atoms with van der Waals surface area (Å²) in [6.45, 7) is 0. The minimum Gasteiger partial charge on any atom is -0.506 e. The lowest BCUT2D eigenvalue weighted by molar-refractivity contribution is 0.112. The number of rotatable bonds is 1. The number of H-pyrrole nitrogens is 1. The number of benzene rings is 1. The molecule has 2 aromatic rings. The van der Waals surface area contributed by atoms with Crippen LogP contribution in [-0.4, -0.2) is 21.6 Å². The van der Waals surface area contributed by atoms with E-state index in [1.54, 1.807) is 6.07 Å². The molecule has 1 aromatic carbocycles. The van der Waals surface area contributed by atoms with Gasteiger partial charge in [0.2, 0.25) is 0 Å². The van der Waals surface area contributed by atoms with Crippen molar-refractivity contribution in [3.8, 4) is 5.75 Å². The van der Waals surface area contributed by atoms with E-state index < -0.39 is 0 Å². The van der Waals surface area contributed by atoms with Crippen molar-refractivity contribution in [1.29, 1.82) is 0 Å². The molecule has 0 spiro atoms. The van der Waals surface area contributed by atoms with E-state index in [9.17, 15) is 9.90 Å². The smallest absolute Gasteiger partial charge is 0.150 e. The van der Waals surface area contributed by atoms with Crippen molar-refractivity contribution in [3.05, 3.63) is 23.9 Å². The first-order valence-corrected chi connectivity index (χ1v) is 3.43. The highest BCUT2D eigenvalue weighted by atomic mass is 16.3. The van der Waals surface area contributed by atoms with Crippen LogP contribution in [0.15, 0.2) is 18.3 Å². The van der Waals surface area contributed by atoms with Gasteiger partial charge in [-0.1, -0.05) is 0 Å². The molecule has 2 rings (SSSR count). The zero-order valence-corrected chi connectivity index (χ0v) is 6.11. The van der Waals surface area contributed by atoms with Gasteiger partial charge in [-0.2, -0.15) is 5.10 Å². The third-order valence-corrected chi connectivity index (χ3v) is 1.75. The van der Waals surface area contributed by atoms with Gasteiger partial charge in [-0.3, -0.25) is 9.89 Å². The van der Waals surface area contributed by atoms with Gasteiger partial charge in [0.15, 0.2) is 6.29 Å². The molecule has 0 fully saturated rings. The summed E-state index contributed by atoms with van der Waals surface area (Å²) in [6, 6.07) is 3.02. The van der Waals surface area contributed by atoms with Gasteiger partial charge in [-0.25, -0.2) is 0 Å². The lowest BCUT2D eigenvalue weighted by atomic mass is 10.1. The minimum absolute atomic E-state index is 0.105. The highest BCUT2D eigenvalue weighted by Gasteiger charge is 2.05. The van der Waals surface area contributed by atoms with E-state index in [0.29, 0.717) is 16.5 Å². The van der Waals surface area contributed by atoms with Crippen LogP contribution in [0.1, 0.15) is 10.4 Å². The second kappa shape index (κ2) is 2.34. The Morgan fingerprint density at radius 2 is 2.33 bits per heavy atom. The Balaban J connectivity index is 2.91. The molecule has 0 unspecified atom stereocenters. The van der Waals surface area contributed by atoms with E-state index in [-0.39, 0.29) is 5.75 Å². The third kappa shape index (κ3) is 0.780. The largest absolute Gasteiger partial charge is 0.506 e. The maximum absolute atomic E-state index is 10.5. The van der Waals surface area contributed by atoms with Crippen molar-refractivity contribution in [2.75, 3.05) is 0 Å². The normalized spacial score (nSPS) is 10.3. The van der Waals surface area contributed by atoms with Crippen LogP contribution in [-0.2, 0) is 0 Å². The molecule has 2 N–H and O–H groups in total. The van der Waals surface area contributed by atoms with Gasteiger partial charge in [0.05, 0.1) is 6.20 Å².